The third-order valence-corrected chi connectivity index (χ3v) is 4.56. The van der Waals surface area contributed by atoms with E-state index in [1.165, 1.54) is 28.0 Å². The van der Waals surface area contributed by atoms with Gasteiger partial charge in [0.2, 0.25) is 0 Å². The van der Waals surface area contributed by atoms with Gasteiger partial charge in [-0.2, -0.15) is 0 Å². The second kappa shape index (κ2) is 4.46. The molecule has 5 heteroatoms. The maximum absolute atomic E-state index is 12.5. The fourth-order valence-electron chi connectivity index (χ4n) is 2.57. The van der Waals surface area contributed by atoms with Gasteiger partial charge in [0.25, 0.3) is 5.56 Å². The van der Waals surface area contributed by atoms with Crippen LogP contribution in [0.2, 0.25) is 0 Å². The van der Waals surface area contributed by atoms with Gasteiger partial charge in [0.15, 0.2) is 4.83 Å². The Morgan fingerprint density at radius 2 is 2.11 bits per heavy atom. The van der Waals surface area contributed by atoms with E-state index in [0.717, 1.165) is 23.1 Å². The molecule has 1 aliphatic carbocycles. The van der Waals surface area contributed by atoms with Crippen molar-refractivity contribution in [2.75, 3.05) is 0 Å². The fraction of sp³-hybridized carbons (Fsp3) is 0.615. The van der Waals surface area contributed by atoms with E-state index in [9.17, 15) is 4.79 Å². The highest BCUT2D eigenvalue weighted by atomic mass is 32.1. The molecule has 0 N–H and O–H groups in total. The van der Waals surface area contributed by atoms with Gasteiger partial charge in [-0.1, -0.05) is 19.1 Å². The maximum Gasteiger partial charge on any atom is 0.278 e. The number of fused-ring (bicyclic) bond motifs is 3. The van der Waals surface area contributed by atoms with E-state index in [-0.39, 0.29) is 5.56 Å². The predicted molar refractivity (Wildman–Crippen MR) is 73.2 cm³/mol. The average Bonchev–Trinajstić information content (AvgIpc) is 2.71. The molecule has 4 nitrogen and oxygen atoms in total. The molecule has 0 spiro atoms. The van der Waals surface area contributed by atoms with E-state index in [4.69, 9.17) is 0 Å². The first-order valence-electron chi connectivity index (χ1n) is 6.55. The lowest BCUT2D eigenvalue weighted by molar-refractivity contribution is 0.450. The minimum Gasteiger partial charge on any atom is -0.267 e. The highest BCUT2D eigenvalue weighted by Crippen LogP contribution is 2.33. The van der Waals surface area contributed by atoms with Crippen LogP contribution in [0.15, 0.2) is 4.79 Å². The molecule has 0 fully saturated rings. The molecule has 3 rings (SSSR count). The highest BCUT2D eigenvalue weighted by molar-refractivity contribution is 7.18. The van der Waals surface area contributed by atoms with Crippen molar-refractivity contribution >= 4 is 21.6 Å². The highest BCUT2D eigenvalue weighted by Gasteiger charge is 2.20. The molecule has 0 unspecified atom stereocenters. The zero-order valence-corrected chi connectivity index (χ0v) is 11.6. The second-order valence-corrected chi connectivity index (χ2v) is 6.45. The third kappa shape index (κ3) is 1.86. The Kier molecular flexibility index (Phi) is 2.93. The van der Waals surface area contributed by atoms with E-state index < -0.39 is 0 Å². The Labute approximate surface area is 110 Å². The summed E-state index contributed by atoms with van der Waals surface area (Å²) in [7, 11) is 0. The molecule has 1 aliphatic rings. The van der Waals surface area contributed by atoms with Gasteiger partial charge in [-0.05, 0) is 37.2 Å². The van der Waals surface area contributed by atoms with Crippen molar-refractivity contribution < 1.29 is 0 Å². The molecule has 0 amide bonds. The molecule has 0 aliphatic heterocycles. The molecule has 2 heterocycles. The summed E-state index contributed by atoms with van der Waals surface area (Å²) < 4.78 is 1.52. The van der Waals surface area contributed by atoms with Gasteiger partial charge in [-0.25, -0.2) is 4.68 Å². The smallest absolute Gasteiger partial charge is 0.267 e. The number of hydrogen-bond acceptors (Lipinski definition) is 4. The molecule has 2 aromatic rings. The summed E-state index contributed by atoms with van der Waals surface area (Å²) in [4.78, 5) is 14.6. The van der Waals surface area contributed by atoms with Crippen LogP contribution in [0.1, 0.15) is 37.1 Å². The van der Waals surface area contributed by atoms with Crippen molar-refractivity contribution in [2.24, 2.45) is 5.92 Å². The third-order valence-electron chi connectivity index (χ3n) is 3.38. The summed E-state index contributed by atoms with van der Waals surface area (Å²) in [5, 5.41) is 9.12. The summed E-state index contributed by atoms with van der Waals surface area (Å²) in [5.41, 5.74) is 1.30. The Bertz CT molecular complexity index is 641. The van der Waals surface area contributed by atoms with Crippen LogP contribution in [0.3, 0.4) is 0 Å². The Hall–Kier alpha value is -1.23. The van der Waals surface area contributed by atoms with Gasteiger partial charge >= 0.3 is 0 Å². The minimum atomic E-state index is 0.0492. The van der Waals surface area contributed by atoms with Crippen molar-refractivity contribution in [3.8, 4) is 0 Å². The summed E-state index contributed by atoms with van der Waals surface area (Å²) >= 11 is 1.65. The van der Waals surface area contributed by atoms with Crippen LogP contribution in [-0.2, 0) is 19.4 Å². The maximum atomic E-state index is 12.5. The van der Waals surface area contributed by atoms with Gasteiger partial charge in [-0.15, -0.1) is 16.4 Å². The quantitative estimate of drug-likeness (QED) is 0.836. The molecule has 96 valence electrons. The minimum absolute atomic E-state index is 0.0492. The largest absolute Gasteiger partial charge is 0.278 e. The van der Waals surface area contributed by atoms with Gasteiger partial charge in [0.1, 0.15) is 0 Å². The predicted octanol–water partition coefficient (Wildman–Crippen LogP) is 2.39. The van der Waals surface area contributed by atoms with E-state index in [1.54, 1.807) is 11.3 Å². The Morgan fingerprint density at radius 3 is 2.89 bits per heavy atom. The molecular formula is C13H17N3OS. The van der Waals surface area contributed by atoms with Gasteiger partial charge in [0.05, 0.1) is 5.39 Å². The van der Waals surface area contributed by atoms with Crippen LogP contribution < -0.4 is 5.56 Å². The van der Waals surface area contributed by atoms with Crippen LogP contribution in [0.5, 0.6) is 0 Å². The normalized spacial score (nSPS) is 15.3. The molecule has 0 saturated carbocycles. The molecule has 0 atom stereocenters. The summed E-state index contributed by atoms with van der Waals surface area (Å²) in [6.07, 6.45) is 4.54. The lowest BCUT2D eigenvalue weighted by atomic mass is 9.97. The van der Waals surface area contributed by atoms with Crippen LogP contribution >= 0.6 is 11.3 Å². The molecule has 0 aromatic carbocycles. The fourth-order valence-corrected chi connectivity index (χ4v) is 3.77. The van der Waals surface area contributed by atoms with E-state index in [0.29, 0.717) is 12.5 Å². The molecule has 0 radical (unpaired) electrons. The molecule has 2 aromatic heterocycles. The van der Waals surface area contributed by atoms with Crippen LogP contribution in [0, 0.1) is 5.92 Å². The van der Waals surface area contributed by atoms with Crippen molar-refractivity contribution in [1.29, 1.82) is 0 Å². The van der Waals surface area contributed by atoms with Gasteiger partial charge in [0, 0.05) is 11.4 Å². The number of thiophene rings is 1. The first-order chi connectivity index (χ1) is 8.66. The molecule has 0 saturated heterocycles. The zero-order valence-electron chi connectivity index (χ0n) is 10.8. The average molecular weight is 263 g/mol. The number of rotatable bonds is 2. The molecule has 18 heavy (non-hydrogen) atoms. The first-order valence-corrected chi connectivity index (χ1v) is 7.36. The first kappa shape index (κ1) is 11.8. The van der Waals surface area contributed by atoms with Crippen LogP contribution in [0.25, 0.3) is 10.2 Å². The number of aryl methyl sites for hydroxylation is 2. The lowest BCUT2D eigenvalue weighted by Crippen LogP contribution is -2.26. The monoisotopic (exact) mass is 263 g/mol. The standard InChI is InChI=1S/C13H17N3OS/c1-8(2)7-16-13(17)11-9-5-3-4-6-10(9)18-12(11)14-15-16/h8H,3-7H2,1-2H3. The van der Waals surface area contributed by atoms with E-state index >= 15 is 0 Å². The summed E-state index contributed by atoms with van der Waals surface area (Å²) in [6, 6.07) is 0. The number of aromatic nitrogens is 3. The number of hydrogen-bond donors (Lipinski definition) is 0. The van der Waals surface area contributed by atoms with Gasteiger partial charge < -0.3 is 0 Å². The van der Waals surface area contributed by atoms with E-state index in [1.807, 2.05) is 0 Å². The van der Waals surface area contributed by atoms with Crippen molar-refractivity contribution in [1.82, 2.24) is 15.0 Å². The Morgan fingerprint density at radius 1 is 1.33 bits per heavy atom. The lowest BCUT2D eigenvalue weighted by Gasteiger charge is -2.10. The zero-order chi connectivity index (χ0) is 12.7. The molecule has 0 bridgehead atoms. The van der Waals surface area contributed by atoms with Gasteiger partial charge in [-0.3, -0.25) is 4.79 Å². The summed E-state index contributed by atoms with van der Waals surface area (Å²) in [5.74, 6) is 0.406. The van der Waals surface area contributed by atoms with E-state index in [2.05, 4.69) is 24.2 Å². The van der Waals surface area contributed by atoms with Crippen molar-refractivity contribution in [3.05, 3.63) is 20.8 Å². The van der Waals surface area contributed by atoms with Crippen LogP contribution in [0.4, 0.5) is 0 Å². The van der Waals surface area contributed by atoms with Crippen molar-refractivity contribution in [2.45, 2.75) is 46.1 Å². The van der Waals surface area contributed by atoms with Crippen molar-refractivity contribution in [3.63, 3.8) is 0 Å². The SMILES string of the molecule is CC(C)Cn1nnc2sc3c(c2c1=O)CCCC3. The summed E-state index contributed by atoms with van der Waals surface area (Å²) in [6.45, 7) is 4.81. The number of nitrogens with zero attached hydrogens (tertiary/aromatic N) is 3. The molecular weight excluding hydrogens is 246 g/mol. The second-order valence-electron chi connectivity index (χ2n) is 5.36. The topological polar surface area (TPSA) is 47.8 Å². The van der Waals surface area contributed by atoms with Crippen LogP contribution in [-0.4, -0.2) is 15.0 Å². The Balaban J connectivity index is 2.21.